The first kappa shape index (κ1) is 10.0. The first-order valence-electron chi connectivity index (χ1n) is 3.77. The summed E-state index contributed by atoms with van der Waals surface area (Å²) < 4.78 is 0. The SMILES string of the molecule is CC([O])Sc1c(N)cc(N)cc1N. The van der Waals surface area contributed by atoms with Crippen LogP contribution in [0.3, 0.4) is 0 Å². The molecule has 4 nitrogen and oxygen atoms in total. The van der Waals surface area contributed by atoms with Gasteiger partial charge in [-0.2, -0.15) is 0 Å². The molecule has 1 radical (unpaired) electrons. The minimum atomic E-state index is -0.784. The smallest absolute Gasteiger partial charge is 0.140 e. The number of rotatable bonds is 2. The molecule has 1 aromatic carbocycles. The van der Waals surface area contributed by atoms with Crippen molar-refractivity contribution in [3.8, 4) is 0 Å². The first-order chi connectivity index (χ1) is 6.00. The molecule has 0 fully saturated rings. The molecule has 1 unspecified atom stereocenters. The van der Waals surface area contributed by atoms with Crippen LogP contribution in [-0.4, -0.2) is 5.44 Å². The number of hydrogen-bond acceptors (Lipinski definition) is 4. The first-order valence-corrected chi connectivity index (χ1v) is 4.65. The van der Waals surface area contributed by atoms with Gasteiger partial charge in [0.1, 0.15) is 5.44 Å². The van der Waals surface area contributed by atoms with Crippen molar-refractivity contribution in [3.63, 3.8) is 0 Å². The molecule has 0 saturated carbocycles. The van der Waals surface area contributed by atoms with Gasteiger partial charge >= 0.3 is 0 Å². The van der Waals surface area contributed by atoms with E-state index >= 15 is 0 Å². The maximum absolute atomic E-state index is 10.9. The standard InChI is InChI=1S/C8H12N3OS/c1-4(12)13-8-6(10)2-5(9)3-7(8)11/h2-4H,9-11H2,1H3. The molecule has 0 amide bonds. The highest BCUT2D eigenvalue weighted by atomic mass is 32.2. The van der Waals surface area contributed by atoms with Gasteiger partial charge in [0.2, 0.25) is 0 Å². The molecular weight excluding hydrogens is 186 g/mol. The van der Waals surface area contributed by atoms with Gasteiger partial charge in [0.15, 0.2) is 0 Å². The number of benzene rings is 1. The van der Waals surface area contributed by atoms with Gasteiger partial charge in [0, 0.05) is 17.1 Å². The lowest BCUT2D eigenvalue weighted by Crippen LogP contribution is -2.00. The van der Waals surface area contributed by atoms with E-state index in [2.05, 4.69) is 0 Å². The molecule has 0 spiro atoms. The highest BCUT2D eigenvalue weighted by molar-refractivity contribution is 8.00. The minimum absolute atomic E-state index is 0.463. The summed E-state index contributed by atoms with van der Waals surface area (Å²) in [5.74, 6) is 0. The van der Waals surface area contributed by atoms with Gasteiger partial charge in [0.25, 0.3) is 0 Å². The Labute approximate surface area is 81.1 Å². The van der Waals surface area contributed by atoms with Crippen molar-refractivity contribution in [2.24, 2.45) is 0 Å². The van der Waals surface area contributed by atoms with E-state index in [4.69, 9.17) is 17.2 Å². The van der Waals surface area contributed by atoms with Crippen molar-refractivity contribution in [3.05, 3.63) is 12.1 Å². The summed E-state index contributed by atoms with van der Waals surface area (Å²) >= 11 is 1.10. The van der Waals surface area contributed by atoms with Gasteiger partial charge in [-0.15, -0.1) is 0 Å². The molecule has 0 saturated heterocycles. The second-order valence-electron chi connectivity index (χ2n) is 2.71. The molecule has 5 heteroatoms. The van der Waals surface area contributed by atoms with Crippen LogP contribution in [0, 0.1) is 0 Å². The molecule has 13 heavy (non-hydrogen) atoms. The monoisotopic (exact) mass is 198 g/mol. The Bertz CT molecular complexity index is 291. The lowest BCUT2D eigenvalue weighted by Gasteiger charge is -2.10. The van der Waals surface area contributed by atoms with Crippen LogP contribution in [0.5, 0.6) is 0 Å². The van der Waals surface area contributed by atoms with E-state index in [1.807, 2.05) is 0 Å². The van der Waals surface area contributed by atoms with Crippen molar-refractivity contribution in [1.29, 1.82) is 0 Å². The van der Waals surface area contributed by atoms with Crippen molar-refractivity contribution >= 4 is 28.8 Å². The predicted molar refractivity (Wildman–Crippen MR) is 55.7 cm³/mol. The van der Waals surface area contributed by atoms with Gasteiger partial charge in [-0.05, 0) is 19.1 Å². The molecule has 0 aliphatic rings. The zero-order chi connectivity index (χ0) is 10.0. The van der Waals surface area contributed by atoms with E-state index in [-0.39, 0.29) is 0 Å². The van der Waals surface area contributed by atoms with Crippen molar-refractivity contribution in [1.82, 2.24) is 0 Å². The Hall–Kier alpha value is -1.07. The second-order valence-corrected chi connectivity index (χ2v) is 4.02. The highest BCUT2D eigenvalue weighted by Crippen LogP contribution is 2.34. The van der Waals surface area contributed by atoms with Gasteiger partial charge in [-0.25, -0.2) is 5.11 Å². The van der Waals surface area contributed by atoms with Crippen molar-refractivity contribution in [2.45, 2.75) is 17.3 Å². The number of anilines is 3. The van der Waals surface area contributed by atoms with E-state index in [0.717, 1.165) is 11.8 Å². The predicted octanol–water partition coefficient (Wildman–Crippen LogP) is 1.30. The number of thioether (sulfide) groups is 1. The summed E-state index contributed by atoms with van der Waals surface area (Å²) in [5, 5.41) is 10.9. The van der Waals surface area contributed by atoms with Crippen molar-refractivity contribution < 1.29 is 5.11 Å². The molecule has 71 valence electrons. The largest absolute Gasteiger partial charge is 0.399 e. The Morgan fingerprint density at radius 2 is 1.69 bits per heavy atom. The zero-order valence-corrected chi connectivity index (χ0v) is 8.10. The zero-order valence-electron chi connectivity index (χ0n) is 7.28. The fraction of sp³-hybridized carbons (Fsp3) is 0.250. The van der Waals surface area contributed by atoms with E-state index in [1.54, 1.807) is 19.1 Å². The van der Waals surface area contributed by atoms with Crippen molar-refractivity contribution in [2.75, 3.05) is 17.2 Å². The summed E-state index contributed by atoms with van der Waals surface area (Å²) in [6.45, 7) is 1.54. The maximum Gasteiger partial charge on any atom is 0.140 e. The summed E-state index contributed by atoms with van der Waals surface area (Å²) in [6.07, 6.45) is 0. The van der Waals surface area contributed by atoms with Gasteiger partial charge in [-0.1, -0.05) is 11.8 Å². The van der Waals surface area contributed by atoms with Crippen LogP contribution >= 0.6 is 11.8 Å². The number of nitrogen functional groups attached to an aromatic ring is 3. The summed E-state index contributed by atoms with van der Waals surface area (Å²) in [4.78, 5) is 0.622. The molecule has 1 atom stereocenters. The highest BCUT2D eigenvalue weighted by Gasteiger charge is 2.09. The molecule has 0 aliphatic carbocycles. The Balaban J connectivity index is 3.06. The normalized spacial score (nSPS) is 12.8. The van der Waals surface area contributed by atoms with Gasteiger partial charge in [0.05, 0.1) is 4.90 Å². The van der Waals surface area contributed by atoms with Crippen LogP contribution < -0.4 is 17.2 Å². The third-order valence-electron chi connectivity index (χ3n) is 1.45. The third-order valence-corrected chi connectivity index (χ3v) is 2.49. The fourth-order valence-electron chi connectivity index (χ4n) is 1.00. The molecule has 0 heterocycles. The van der Waals surface area contributed by atoms with E-state index in [0.29, 0.717) is 22.0 Å². The van der Waals surface area contributed by atoms with E-state index in [9.17, 15) is 5.11 Å². The van der Waals surface area contributed by atoms with Crippen LogP contribution in [0.2, 0.25) is 0 Å². The molecular formula is C8H12N3OS. The number of nitrogens with two attached hydrogens (primary N) is 3. The lowest BCUT2D eigenvalue weighted by atomic mass is 10.2. The van der Waals surface area contributed by atoms with Gasteiger partial charge in [-0.3, -0.25) is 0 Å². The van der Waals surface area contributed by atoms with Crippen LogP contribution in [-0.2, 0) is 5.11 Å². The van der Waals surface area contributed by atoms with E-state index in [1.165, 1.54) is 0 Å². The molecule has 0 bridgehead atoms. The summed E-state index contributed by atoms with van der Waals surface area (Å²) in [6, 6.07) is 3.20. The van der Waals surface area contributed by atoms with Crippen LogP contribution in [0.25, 0.3) is 0 Å². The maximum atomic E-state index is 10.9. The topological polar surface area (TPSA) is 98.0 Å². The molecule has 0 aliphatic heterocycles. The Kier molecular flexibility index (Phi) is 2.90. The van der Waals surface area contributed by atoms with Crippen LogP contribution in [0.1, 0.15) is 6.92 Å². The average molecular weight is 198 g/mol. The number of hydrogen-bond donors (Lipinski definition) is 3. The molecule has 0 aromatic heterocycles. The molecule has 6 N–H and O–H groups in total. The summed E-state index contributed by atoms with van der Waals surface area (Å²) in [7, 11) is 0. The quantitative estimate of drug-likeness (QED) is 0.379. The Morgan fingerprint density at radius 3 is 2.08 bits per heavy atom. The van der Waals surface area contributed by atoms with E-state index < -0.39 is 5.44 Å². The average Bonchev–Trinajstić information content (AvgIpc) is 1.96. The molecule has 1 rings (SSSR count). The second kappa shape index (κ2) is 3.76. The minimum Gasteiger partial charge on any atom is -0.399 e. The van der Waals surface area contributed by atoms with Gasteiger partial charge < -0.3 is 17.2 Å². The van der Waals surface area contributed by atoms with Crippen LogP contribution in [0.15, 0.2) is 17.0 Å². The summed E-state index contributed by atoms with van der Waals surface area (Å²) in [5.41, 5.74) is 17.5. The fourth-order valence-corrected chi connectivity index (χ4v) is 1.72. The van der Waals surface area contributed by atoms with Crippen LogP contribution in [0.4, 0.5) is 17.1 Å². The molecule has 1 aromatic rings. The third kappa shape index (κ3) is 2.43. The Morgan fingerprint density at radius 1 is 1.23 bits per heavy atom. The lowest BCUT2D eigenvalue weighted by molar-refractivity contribution is 0.181.